The minimum atomic E-state index is -1.04. The molecule has 2 aromatic carbocycles. The van der Waals surface area contributed by atoms with Crippen LogP contribution in [0.2, 0.25) is 0 Å². The van der Waals surface area contributed by atoms with Crippen molar-refractivity contribution in [2.24, 2.45) is 4.99 Å². The topological polar surface area (TPSA) is 68.1 Å². The number of aryl methyl sites for hydroxylation is 1. The van der Waals surface area contributed by atoms with Gasteiger partial charge in [0.15, 0.2) is 18.1 Å². The fourth-order valence-corrected chi connectivity index (χ4v) is 3.25. The molecule has 0 saturated heterocycles. The lowest BCUT2D eigenvalue weighted by atomic mass is 10.2. The van der Waals surface area contributed by atoms with Crippen LogP contribution in [0.3, 0.4) is 0 Å². The Hall–Kier alpha value is -1.61. The smallest absolute Gasteiger partial charge is 0.341 e. The van der Waals surface area contributed by atoms with Crippen LogP contribution in [0, 0.1) is 10.5 Å². The van der Waals surface area contributed by atoms with Gasteiger partial charge in [-0.25, -0.2) is 4.79 Å². The van der Waals surface area contributed by atoms with Crippen molar-refractivity contribution in [2.75, 3.05) is 13.7 Å². The first-order valence-electron chi connectivity index (χ1n) is 6.93. The number of ether oxygens (including phenoxy) is 2. The number of halogens is 2. The molecule has 2 rings (SSSR count). The number of benzene rings is 2. The first-order chi connectivity index (χ1) is 11.4. The number of carbonyl (C=O) groups is 1. The van der Waals surface area contributed by atoms with E-state index in [1.165, 1.54) is 7.11 Å². The third-order valence-electron chi connectivity index (χ3n) is 3.10. The number of methoxy groups -OCH3 is 1. The van der Waals surface area contributed by atoms with Gasteiger partial charge in [-0.15, -0.1) is 0 Å². The van der Waals surface area contributed by atoms with Gasteiger partial charge in [-0.2, -0.15) is 0 Å². The molecule has 0 radical (unpaired) electrons. The number of aliphatic imine (C=N–C) groups is 1. The molecule has 2 aromatic rings. The van der Waals surface area contributed by atoms with E-state index in [2.05, 4.69) is 43.5 Å². The van der Waals surface area contributed by atoms with Crippen LogP contribution < -0.4 is 9.47 Å². The predicted molar refractivity (Wildman–Crippen MR) is 105 cm³/mol. The van der Waals surface area contributed by atoms with E-state index in [1.807, 2.05) is 31.2 Å². The Bertz CT molecular complexity index is 792. The van der Waals surface area contributed by atoms with Gasteiger partial charge in [0.2, 0.25) is 0 Å². The normalized spacial score (nSPS) is 10.8. The second-order valence-electron chi connectivity index (χ2n) is 4.91. The quantitative estimate of drug-likeness (QED) is 0.462. The number of nitrogens with zero attached hydrogens (tertiary/aromatic N) is 1. The lowest BCUT2D eigenvalue weighted by molar-refractivity contribution is -0.139. The first kappa shape index (κ1) is 18.7. The predicted octanol–water partition coefficient (Wildman–Crippen LogP) is 4.58. The van der Waals surface area contributed by atoms with Gasteiger partial charge in [0.25, 0.3) is 0 Å². The molecule has 0 saturated carbocycles. The van der Waals surface area contributed by atoms with Crippen molar-refractivity contribution < 1.29 is 19.4 Å². The summed E-state index contributed by atoms with van der Waals surface area (Å²) in [6.45, 7) is 1.57. The molecule has 24 heavy (non-hydrogen) atoms. The zero-order valence-corrected chi connectivity index (χ0v) is 16.8. The molecule has 0 heterocycles. The van der Waals surface area contributed by atoms with Crippen molar-refractivity contribution in [3.05, 3.63) is 49.5 Å². The molecule has 0 aliphatic heterocycles. The van der Waals surface area contributed by atoms with E-state index in [0.29, 0.717) is 11.5 Å². The van der Waals surface area contributed by atoms with Crippen LogP contribution in [0.1, 0.15) is 11.1 Å². The highest BCUT2D eigenvalue weighted by Gasteiger charge is 2.12. The third-order valence-corrected chi connectivity index (χ3v) is 4.40. The summed E-state index contributed by atoms with van der Waals surface area (Å²) < 4.78 is 12.3. The van der Waals surface area contributed by atoms with Crippen molar-refractivity contribution in [1.29, 1.82) is 0 Å². The summed E-state index contributed by atoms with van der Waals surface area (Å²) in [5, 5.41) is 8.75. The van der Waals surface area contributed by atoms with Crippen molar-refractivity contribution in [1.82, 2.24) is 0 Å². The summed E-state index contributed by atoms with van der Waals surface area (Å²) in [6.07, 6.45) is 1.74. The molecule has 0 fully saturated rings. The number of hydrogen-bond donors (Lipinski definition) is 1. The Balaban J connectivity index is 2.29. The maximum absolute atomic E-state index is 10.7. The maximum atomic E-state index is 10.7. The molecule has 0 aliphatic carbocycles. The number of carboxylic acid groups (broad SMARTS) is 1. The molecular weight excluding hydrogens is 489 g/mol. The van der Waals surface area contributed by atoms with Gasteiger partial charge in [-0.1, -0.05) is 15.9 Å². The molecule has 0 amide bonds. The average Bonchev–Trinajstić information content (AvgIpc) is 2.52. The van der Waals surface area contributed by atoms with Gasteiger partial charge in [-0.3, -0.25) is 4.99 Å². The Morgan fingerprint density at radius 1 is 1.38 bits per heavy atom. The van der Waals surface area contributed by atoms with Crippen molar-refractivity contribution in [3.63, 3.8) is 0 Å². The van der Waals surface area contributed by atoms with Crippen LogP contribution >= 0.6 is 38.5 Å². The van der Waals surface area contributed by atoms with E-state index < -0.39 is 12.6 Å². The van der Waals surface area contributed by atoms with E-state index in [9.17, 15) is 4.79 Å². The highest BCUT2D eigenvalue weighted by molar-refractivity contribution is 14.1. The summed E-state index contributed by atoms with van der Waals surface area (Å²) >= 11 is 5.51. The van der Waals surface area contributed by atoms with Gasteiger partial charge < -0.3 is 14.6 Å². The zero-order valence-electron chi connectivity index (χ0n) is 13.0. The van der Waals surface area contributed by atoms with Gasteiger partial charge in [0, 0.05) is 10.7 Å². The van der Waals surface area contributed by atoms with Gasteiger partial charge in [0.05, 0.1) is 16.4 Å². The molecule has 0 unspecified atom stereocenters. The number of hydrogen-bond acceptors (Lipinski definition) is 4. The summed E-state index contributed by atoms with van der Waals surface area (Å²) in [4.78, 5) is 15.2. The molecule has 0 spiro atoms. The van der Waals surface area contributed by atoms with Crippen LogP contribution in [-0.2, 0) is 4.79 Å². The van der Waals surface area contributed by atoms with E-state index in [1.54, 1.807) is 12.3 Å². The first-order valence-corrected chi connectivity index (χ1v) is 8.80. The van der Waals surface area contributed by atoms with Crippen LogP contribution in [0.15, 0.2) is 39.8 Å². The monoisotopic (exact) mass is 503 g/mol. The van der Waals surface area contributed by atoms with E-state index in [-0.39, 0.29) is 0 Å². The molecule has 0 aliphatic rings. The molecule has 7 heteroatoms. The average molecular weight is 504 g/mol. The second-order valence-corrected chi connectivity index (χ2v) is 6.98. The fraction of sp³-hybridized carbons (Fsp3) is 0.176. The van der Waals surface area contributed by atoms with E-state index >= 15 is 0 Å². The summed E-state index contributed by atoms with van der Waals surface area (Å²) in [5.74, 6) is -0.154. The Morgan fingerprint density at radius 2 is 2.12 bits per heavy atom. The molecular formula is C17H15BrINO4. The Kier molecular flexibility index (Phi) is 6.61. The van der Waals surface area contributed by atoms with Gasteiger partial charge >= 0.3 is 5.97 Å². The largest absolute Gasteiger partial charge is 0.493 e. The van der Waals surface area contributed by atoms with Crippen molar-refractivity contribution in [2.45, 2.75) is 6.92 Å². The zero-order chi connectivity index (χ0) is 17.7. The lowest BCUT2D eigenvalue weighted by Gasteiger charge is -2.12. The molecule has 0 bridgehead atoms. The maximum Gasteiger partial charge on any atom is 0.341 e. The Labute approximate surface area is 162 Å². The highest BCUT2D eigenvalue weighted by Crippen LogP contribution is 2.33. The SMILES string of the molecule is COc1cc(C=Nc2ccc(Br)cc2C)cc(I)c1OCC(=O)O. The molecule has 0 aromatic heterocycles. The summed E-state index contributed by atoms with van der Waals surface area (Å²) in [7, 11) is 1.51. The lowest BCUT2D eigenvalue weighted by Crippen LogP contribution is -2.11. The summed E-state index contributed by atoms with van der Waals surface area (Å²) in [6, 6.07) is 9.49. The minimum Gasteiger partial charge on any atom is -0.493 e. The minimum absolute atomic E-state index is 0.414. The van der Waals surface area contributed by atoms with Crippen LogP contribution in [0.4, 0.5) is 5.69 Å². The third kappa shape index (κ3) is 4.94. The van der Waals surface area contributed by atoms with E-state index in [4.69, 9.17) is 14.6 Å². The molecule has 126 valence electrons. The second kappa shape index (κ2) is 8.48. The molecule has 5 nitrogen and oxygen atoms in total. The highest BCUT2D eigenvalue weighted by atomic mass is 127. The number of aliphatic carboxylic acids is 1. The standard InChI is InChI=1S/C17H15BrINO4/c1-10-5-12(18)3-4-14(10)20-8-11-6-13(19)17(15(7-11)23-2)24-9-16(21)22/h3-8H,9H2,1-2H3,(H,21,22). The fourth-order valence-electron chi connectivity index (χ4n) is 2.00. The molecule has 1 N–H and O–H groups in total. The Morgan fingerprint density at radius 3 is 2.75 bits per heavy atom. The van der Waals surface area contributed by atoms with Crippen LogP contribution in [-0.4, -0.2) is 31.0 Å². The summed E-state index contributed by atoms with van der Waals surface area (Å²) in [5.41, 5.74) is 2.77. The van der Waals surface area contributed by atoms with Crippen molar-refractivity contribution >= 4 is 56.4 Å². The molecule has 0 atom stereocenters. The van der Waals surface area contributed by atoms with Crippen LogP contribution in [0.25, 0.3) is 0 Å². The number of rotatable bonds is 6. The van der Waals surface area contributed by atoms with E-state index in [0.717, 1.165) is 24.9 Å². The van der Waals surface area contributed by atoms with Gasteiger partial charge in [0.1, 0.15) is 0 Å². The van der Waals surface area contributed by atoms with Gasteiger partial charge in [-0.05, 0) is 71.0 Å². The van der Waals surface area contributed by atoms with Crippen LogP contribution in [0.5, 0.6) is 11.5 Å². The number of carboxylic acids is 1. The van der Waals surface area contributed by atoms with Crippen molar-refractivity contribution in [3.8, 4) is 11.5 Å².